The second-order valence-corrected chi connectivity index (χ2v) is 10.5. The molecule has 166 valence electrons. The van der Waals surface area contributed by atoms with Crippen molar-refractivity contribution in [3.05, 3.63) is 40.3 Å². The summed E-state index contributed by atoms with van der Waals surface area (Å²) in [5, 5.41) is 1.78. The van der Waals surface area contributed by atoms with Crippen LogP contribution in [0, 0.1) is 0 Å². The monoisotopic (exact) mass is 472 g/mol. The largest absolute Gasteiger partial charge is 0.493 e. The topological polar surface area (TPSA) is 67.9 Å². The molecule has 0 bridgehead atoms. The smallest absolute Gasteiger partial charge is 0.250 e. The molecule has 9 heteroatoms. The number of hydrogen-bond acceptors (Lipinski definition) is 6. The Bertz CT molecular complexity index is 964. The predicted octanol–water partition coefficient (Wildman–Crippen LogP) is 3.79. The lowest BCUT2D eigenvalue weighted by Gasteiger charge is -2.35. The Morgan fingerprint density at radius 3 is 2.77 bits per heavy atom. The first-order valence-electron chi connectivity index (χ1n) is 10.1. The van der Waals surface area contributed by atoms with Gasteiger partial charge in [-0.05, 0) is 67.3 Å². The van der Waals surface area contributed by atoms with Gasteiger partial charge in [-0.15, -0.1) is 23.7 Å². The number of thiophene rings is 1. The molecular weight excluding hydrogens is 444 g/mol. The minimum atomic E-state index is -3.35. The molecule has 0 spiro atoms. The third-order valence-electron chi connectivity index (χ3n) is 5.93. The van der Waals surface area contributed by atoms with Gasteiger partial charge in [0, 0.05) is 24.7 Å². The van der Waals surface area contributed by atoms with Gasteiger partial charge in [-0.3, -0.25) is 4.90 Å². The highest BCUT2D eigenvalue weighted by atomic mass is 35.5. The van der Waals surface area contributed by atoms with E-state index in [1.807, 2.05) is 0 Å². The third kappa shape index (κ3) is 4.48. The van der Waals surface area contributed by atoms with Crippen LogP contribution in [0.15, 0.2) is 27.8 Å². The van der Waals surface area contributed by atoms with Gasteiger partial charge in [-0.1, -0.05) is 6.07 Å². The van der Waals surface area contributed by atoms with Crippen LogP contribution in [0.25, 0.3) is 0 Å². The summed E-state index contributed by atoms with van der Waals surface area (Å²) < 4.78 is 38.7. The lowest BCUT2D eigenvalue weighted by atomic mass is 9.92. The minimum absolute atomic E-state index is 0. The number of hydrogen-bond donors (Lipinski definition) is 1. The molecule has 0 saturated carbocycles. The van der Waals surface area contributed by atoms with Crippen molar-refractivity contribution in [2.45, 2.75) is 42.4 Å². The summed E-state index contributed by atoms with van der Waals surface area (Å²) in [6.07, 6.45) is 4.95. The number of benzene rings is 1. The highest BCUT2D eigenvalue weighted by Gasteiger charge is 2.36. The van der Waals surface area contributed by atoms with Crippen molar-refractivity contribution in [3.63, 3.8) is 0 Å². The molecular formula is C21H29ClN2O4S2. The van der Waals surface area contributed by atoms with Gasteiger partial charge < -0.3 is 9.47 Å². The quantitative estimate of drug-likeness (QED) is 0.562. The molecule has 1 unspecified atom stereocenters. The Morgan fingerprint density at radius 2 is 2.07 bits per heavy atom. The number of nitrogens with zero attached hydrogens (tertiary/aromatic N) is 1. The number of rotatable bonds is 9. The first kappa shape index (κ1) is 23.3. The molecule has 0 radical (unpaired) electrons. The molecule has 1 aliphatic carbocycles. The van der Waals surface area contributed by atoms with Crippen LogP contribution >= 0.6 is 23.7 Å². The van der Waals surface area contributed by atoms with Crippen molar-refractivity contribution in [2.24, 2.45) is 0 Å². The Morgan fingerprint density at radius 1 is 1.23 bits per heavy atom. The van der Waals surface area contributed by atoms with Gasteiger partial charge in [0.05, 0.1) is 14.2 Å². The Hall–Kier alpha value is -1.32. The summed E-state index contributed by atoms with van der Waals surface area (Å²) >= 11 is 1.25. The number of nitrogens with one attached hydrogen (secondary N) is 1. The Kier molecular flexibility index (Phi) is 7.68. The molecule has 0 amide bonds. The summed E-state index contributed by atoms with van der Waals surface area (Å²) in [5.74, 6) is 1.73. The fourth-order valence-electron chi connectivity index (χ4n) is 4.62. The van der Waals surface area contributed by atoms with E-state index in [1.165, 1.54) is 28.0 Å². The molecule has 0 saturated heterocycles. The number of ether oxygens (including phenoxy) is 2. The zero-order valence-corrected chi connectivity index (χ0v) is 19.8. The fourth-order valence-corrected chi connectivity index (χ4v) is 6.74. The summed E-state index contributed by atoms with van der Waals surface area (Å²) in [5.41, 5.74) is 4.13. The van der Waals surface area contributed by atoms with E-state index < -0.39 is 10.0 Å². The van der Waals surface area contributed by atoms with E-state index in [-0.39, 0.29) is 12.4 Å². The standard InChI is InChI=1S/C21H28N2O4S2.ClH/c1-26-18-14-15-9-12-23(17-8-7-16(20(15)17)21(18)27-2)11-4-3-10-22-29(24,25)19-6-5-13-28-19;/h5-6,13-14,17,22H,3-4,7-12H2,1-2H3;1H. The number of methoxy groups -OCH3 is 2. The molecule has 2 aliphatic rings. The average Bonchev–Trinajstić information content (AvgIpc) is 3.40. The first-order valence-corrected chi connectivity index (χ1v) is 12.4. The van der Waals surface area contributed by atoms with E-state index in [1.54, 1.807) is 31.7 Å². The highest BCUT2D eigenvalue weighted by molar-refractivity contribution is 7.91. The van der Waals surface area contributed by atoms with E-state index >= 15 is 0 Å². The van der Waals surface area contributed by atoms with Crippen molar-refractivity contribution >= 4 is 33.8 Å². The Labute approximate surface area is 189 Å². The van der Waals surface area contributed by atoms with E-state index in [0.717, 1.165) is 56.7 Å². The predicted molar refractivity (Wildman–Crippen MR) is 122 cm³/mol. The van der Waals surface area contributed by atoms with E-state index in [0.29, 0.717) is 16.8 Å². The molecule has 2 aromatic rings. The van der Waals surface area contributed by atoms with Crippen LogP contribution in [0.3, 0.4) is 0 Å². The van der Waals surface area contributed by atoms with Gasteiger partial charge in [0.25, 0.3) is 0 Å². The second-order valence-electron chi connectivity index (χ2n) is 7.54. The molecule has 30 heavy (non-hydrogen) atoms. The van der Waals surface area contributed by atoms with Gasteiger partial charge in [0.2, 0.25) is 10.0 Å². The Balaban J connectivity index is 0.00000256. The second kappa shape index (κ2) is 9.87. The van der Waals surface area contributed by atoms with Crippen LogP contribution in [0.4, 0.5) is 0 Å². The molecule has 0 fully saturated rings. The van der Waals surface area contributed by atoms with E-state index in [9.17, 15) is 8.42 Å². The summed E-state index contributed by atoms with van der Waals surface area (Å²) in [6, 6.07) is 5.98. The van der Waals surface area contributed by atoms with Crippen LogP contribution in [-0.2, 0) is 22.9 Å². The molecule has 6 nitrogen and oxygen atoms in total. The van der Waals surface area contributed by atoms with Crippen LogP contribution in [0.5, 0.6) is 11.5 Å². The molecule has 1 aromatic carbocycles. The van der Waals surface area contributed by atoms with Crippen molar-refractivity contribution in [2.75, 3.05) is 33.9 Å². The minimum Gasteiger partial charge on any atom is -0.493 e. The fraction of sp³-hybridized carbons (Fsp3) is 0.524. The van der Waals surface area contributed by atoms with E-state index in [4.69, 9.17) is 9.47 Å². The molecule has 1 aromatic heterocycles. The summed E-state index contributed by atoms with van der Waals surface area (Å²) in [6.45, 7) is 2.50. The van der Waals surface area contributed by atoms with Crippen LogP contribution in [-0.4, -0.2) is 47.2 Å². The lowest BCUT2D eigenvalue weighted by molar-refractivity contribution is 0.182. The first-order chi connectivity index (χ1) is 14.0. The average molecular weight is 473 g/mol. The third-order valence-corrected chi connectivity index (χ3v) is 8.79. The molecule has 1 atom stereocenters. The number of unbranched alkanes of at least 4 members (excludes halogenated alkanes) is 1. The SMILES string of the molecule is COc1cc2c3c(c1OC)CCC3N(CCCCNS(=O)(=O)c1cccs1)CC2.Cl. The number of sulfonamides is 1. The maximum Gasteiger partial charge on any atom is 0.250 e. The van der Waals surface area contributed by atoms with Crippen molar-refractivity contribution in [3.8, 4) is 11.5 Å². The molecule has 1 aliphatic heterocycles. The molecule has 4 rings (SSSR count). The van der Waals surface area contributed by atoms with Gasteiger partial charge in [-0.2, -0.15) is 0 Å². The van der Waals surface area contributed by atoms with Crippen LogP contribution in [0.2, 0.25) is 0 Å². The van der Waals surface area contributed by atoms with Gasteiger partial charge >= 0.3 is 0 Å². The van der Waals surface area contributed by atoms with Gasteiger partial charge in [0.1, 0.15) is 4.21 Å². The van der Waals surface area contributed by atoms with Crippen molar-refractivity contribution < 1.29 is 17.9 Å². The van der Waals surface area contributed by atoms with Crippen LogP contribution in [0.1, 0.15) is 42.0 Å². The zero-order chi connectivity index (χ0) is 20.4. The van der Waals surface area contributed by atoms with Crippen molar-refractivity contribution in [1.29, 1.82) is 0 Å². The van der Waals surface area contributed by atoms with Crippen molar-refractivity contribution in [1.82, 2.24) is 9.62 Å². The summed E-state index contributed by atoms with van der Waals surface area (Å²) in [7, 11) is 0.0593. The summed E-state index contributed by atoms with van der Waals surface area (Å²) in [4.78, 5) is 2.55. The normalized spacial score (nSPS) is 18.0. The van der Waals surface area contributed by atoms with E-state index in [2.05, 4.69) is 15.7 Å². The van der Waals surface area contributed by atoms with Gasteiger partial charge in [-0.25, -0.2) is 13.1 Å². The maximum atomic E-state index is 12.2. The zero-order valence-electron chi connectivity index (χ0n) is 17.3. The lowest BCUT2D eigenvalue weighted by Crippen LogP contribution is -2.35. The number of halogens is 1. The van der Waals surface area contributed by atoms with Gasteiger partial charge in [0.15, 0.2) is 11.5 Å². The highest BCUT2D eigenvalue weighted by Crippen LogP contribution is 2.48. The molecule has 1 N–H and O–H groups in total. The molecule has 2 heterocycles. The maximum absolute atomic E-state index is 12.2. The van der Waals surface area contributed by atoms with Crippen LogP contribution < -0.4 is 14.2 Å².